The molecule has 1 aliphatic carbocycles. The number of ether oxygens (including phenoxy) is 1. The summed E-state index contributed by atoms with van der Waals surface area (Å²) in [4.78, 5) is 12.1. The highest BCUT2D eigenvalue weighted by molar-refractivity contribution is 9.10. The molecule has 0 bridgehead atoms. The van der Waals surface area contributed by atoms with Gasteiger partial charge in [-0.15, -0.1) is 0 Å². The van der Waals surface area contributed by atoms with Crippen LogP contribution >= 0.6 is 15.9 Å². The number of rotatable bonds is 3. The standard InChI is InChI=1S/C15H16BrNO2/c1-19-13-6-5-11(8-12(13)16)9-15(10-17)7-3-2-4-14(15)18/h5-6,8H,2-4,7,9H2,1H3. The van der Waals surface area contributed by atoms with Crippen molar-refractivity contribution < 1.29 is 9.53 Å². The monoisotopic (exact) mass is 321 g/mol. The molecule has 0 saturated heterocycles. The van der Waals surface area contributed by atoms with Crippen molar-refractivity contribution >= 4 is 21.7 Å². The number of benzene rings is 1. The molecule has 0 spiro atoms. The molecule has 1 aliphatic rings. The van der Waals surface area contributed by atoms with Crippen molar-refractivity contribution in [2.24, 2.45) is 5.41 Å². The van der Waals surface area contributed by atoms with Crippen molar-refractivity contribution in [1.82, 2.24) is 0 Å². The third-order valence-electron chi connectivity index (χ3n) is 3.73. The Morgan fingerprint density at radius 2 is 2.26 bits per heavy atom. The van der Waals surface area contributed by atoms with E-state index in [1.54, 1.807) is 7.11 Å². The lowest BCUT2D eigenvalue weighted by Crippen LogP contribution is -2.34. The van der Waals surface area contributed by atoms with Gasteiger partial charge in [0.05, 0.1) is 17.7 Å². The van der Waals surface area contributed by atoms with Crippen LogP contribution in [-0.2, 0) is 11.2 Å². The Kier molecular flexibility index (Phi) is 4.26. The quantitative estimate of drug-likeness (QED) is 0.853. The molecule has 2 rings (SSSR count). The molecule has 100 valence electrons. The van der Waals surface area contributed by atoms with Crippen molar-refractivity contribution in [2.45, 2.75) is 32.1 Å². The Labute approximate surface area is 121 Å². The van der Waals surface area contributed by atoms with Gasteiger partial charge < -0.3 is 4.74 Å². The number of methoxy groups -OCH3 is 1. The molecule has 4 heteroatoms. The maximum atomic E-state index is 12.1. The minimum atomic E-state index is -0.827. The lowest BCUT2D eigenvalue weighted by molar-refractivity contribution is -0.128. The summed E-state index contributed by atoms with van der Waals surface area (Å²) in [6.07, 6.45) is 3.56. The van der Waals surface area contributed by atoms with E-state index in [9.17, 15) is 10.1 Å². The van der Waals surface area contributed by atoms with E-state index < -0.39 is 5.41 Å². The van der Waals surface area contributed by atoms with Crippen molar-refractivity contribution in [2.75, 3.05) is 7.11 Å². The van der Waals surface area contributed by atoms with Gasteiger partial charge in [-0.1, -0.05) is 12.5 Å². The zero-order chi connectivity index (χ0) is 13.9. The van der Waals surface area contributed by atoms with Crippen molar-refractivity contribution in [3.05, 3.63) is 28.2 Å². The van der Waals surface area contributed by atoms with Gasteiger partial charge in [0.2, 0.25) is 0 Å². The van der Waals surface area contributed by atoms with Crippen molar-refractivity contribution in [3.8, 4) is 11.8 Å². The highest BCUT2D eigenvalue weighted by Crippen LogP contribution is 2.37. The summed E-state index contributed by atoms with van der Waals surface area (Å²) >= 11 is 3.43. The Balaban J connectivity index is 2.26. The Bertz CT molecular complexity index is 535. The second kappa shape index (κ2) is 5.75. The Morgan fingerprint density at radius 1 is 1.47 bits per heavy atom. The zero-order valence-corrected chi connectivity index (χ0v) is 12.5. The van der Waals surface area contributed by atoms with Gasteiger partial charge in [0.25, 0.3) is 0 Å². The number of carbonyl (C=O) groups is 1. The molecule has 1 atom stereocenters. The molecule has 0 radical (unpaired) electrons. The topological polar surface area (TPSA) is 50.1 Å². The summed E-state index contributed by atoms with van der Waals surface area (Å²) in [5, 5.41) is 9.44. The van der Waals surface area contributed by atoms with E-state index in [0.29, 0.717) is 19.3 Å². The molecule has 0 heterocycles. The molecular formula is C15H16BrNO2. The van der Waals surface area contributed by atoms with Crippen molar-refractivity contribution in [3.63, 3.8) is 0 Å². The molecule has 1 aromatic carbocycles. The predicted molar refractivity (Wildman–Crippen MR) is 75.9 cm³/mol. The molecule has 1 fully saturated rings. The smallest absolute Gasteiger partial charge is 0.153 e. The van der Waals surface area contributed by atoms with E-state index in [-0.39, 0.29) is 5.78 Å². The molecule has 0 aromatic heterocycles. The first kappa shape index (κ1) is 14.1. The maximum absolute atomic E-state index is 12.1. The van der Waals surface area contributed by atoms with Crippen LogP contribution in [0.25, 0.3) is 0 Å². The average molecular weight is 322 g/mol. The molecule has 0 N–H and O–H groups in total. The first-order valence-electron chi connectivity index (χ1n) is 6.38. The number of Topliss-reactive ketones (excluding diaryl/α,β-unsaturated/α-hetero) is 1. The minimum Gasteiger partial charge on any atom is -0.496 e. The van der Waals surface area contributed by atoms with Crippen LogP contribution in [0.15, 0.2) is 22.7 Å². The average Bonchev–Trinajstić information content (AvgIpc) is 2.42. The molecule has 3 nitrogen and oxygen atoms in total. The molecule has 19 heavy (non-hydrogen) atoms. The SMILES string of the molecule is COc1ccc(CC2(C#N)CCCCC2=O)cc1Br. The molecule has 0 amide bonds. The highest BCUT2D eigenvalue weighted by atomic mass is 79.9. The largest absolute Gasteiger partial charge is 0.496 e. The molecule has 0 aliphatic heterocycles. The fourth-order valence-electron chi connectivity index (χ4n) is 2.60. The van der Waals surface area contributed by atoms with Crippen LogP contribution in [0.2, 0.25) is 0 Å². The van der Waals surface area contributed by atoms with E-state index in [2.05, 4.69) is 22.0 Å². The van der Waals surface area contributed by atoms with Gasteiger partial charge in [-0.05, 0) is 52.9 Å². The number of nitrogens with zero attached hydrogens (tertiary/aromatic N) is 1. The molecule has 1 aromatic rings. The third-order valence-corrected chi connectivity index (χ3v) is 4.35. The van der Waals surface area contributed by atoms with E-state index >= 15 is 0 Å². The summed E-state index contributed by atoms with van der Waals surface area (Å²) in [5.41, 5.74) is 0.163. The van der Waals surface area contributed by atoms with Gasteiger partial charge in [-0.25, -0.2) is 0 Å². The lowest BCUT2D eigenvalue weighted by atomic mass is 9.70. The van der Waals surface area contributed by atoms with Crippen LogP contribution in [0, 0.1) is 16.7 Å². The van der Waals surface area contributed by atoms with Crippen LogP contribution in [-0.4, -0.2) is 12.9 Å². The fraction of sp³-hybridized carbons (Fsp3) is 0.467. The van der Waals surface area contributed by atoms with Crippen molar-refractivity contribution in [1.29, 1.82) is 5.26 Å². The predicted octanol–water partition coefficient (Wildman–Crippen LogP) is 3.65. The number of hydrogen-bond donors (Lipinski definition) is 0. The lowest BCUT2D eigenvalue weighted by Gasteiger charge is -2.29. The minimum absolute atomic E-state index is 0.0909. The summed E-state index contributed by atoms with van der Waals surface area (Å²) in [7, 11) is 1.61. The first-order valence-corrected chi connectivity index (χ1v) is 7.17. The van der Waals surface area contributed by atoms with Gasteiger partial charge in [-0.3, -0.25) is 4.79 Å². The number of nitriles is 1. The highest BCUT2D eigenvalue weighted by Gasteiger charge is 2.40. The second-order valence-electron chi connectivity index (χ2n) is 4.97. The van der Waals surface area contributed by atoms with Gasteiger partial charge in [0.15, 0.2) is 5.78 Å². The fourth-order valence-corrected chi connectivity index (χ4v) is 3.19. The summed E-state index contributed by atoms with van der Waals surface area (Å²) in [6.45, 7) is 0. The number of ketones is 1. The van der Waals surface area contributed by atoms with Crippen LogP contribution in [0.4, 0.5) is 0 Å². The maximum Gasteiger partial charge on any atom is 0.153 e. The van der Waals surface area contributed by atoms with Crippen LogP contribution < -0.4 is 4.74 Å². The van der Waals surface area contributed by atoms with Gasteiger partial charge in [0, 0.05) is 6.42 Å². The Hall–Kier alpha value is -1.34. The molecular weight excluding hydrogens is 306 g/mol. The number of carbonyl (C=O) groups excluding carboxylic acids is 1. The second-order valence-corrected chi connectivity index (χ2v) is 5.82. The third kappa shape index (κ3) is 2.82. The molecule has 1 unspecified atom stereocenters. The Morgan fingerprint density at radius 3 is 2.84 bits per heavy atom. The van der Waals surface area contributed by atoms with Gasteiger partial charge in [-0.2, -0.15) is 5.26 Å². The summed E-state index contributed by atoms with van der Waals surface area (Å²) in [5.74, 6) is 0.845. The summed E-state index contributed by atoms with van der Waals surface area (Å²) < 4.78 is 6.03. The van der Waals surface area contributed by atoms with Crippen LogP contribution in [0.1, 0.15) is 31.2 Å². The first-order chi connectivity index (χ1) is 9.11. The normalized spacial score (nSPS) is 22.9. The van der Waals surface area contributed by atoms with Gasteiger partial charge in [0.1, 0.15) is 11.2 Å². The molecule has 1 saturated carbocycles. The van der Waals surface area contributed by atoms with E-state index in [0.717, 1.165) is 28.6 Å². The number of hydrogen-bond acceptors (Lipinski definition) is 3. The summed E-state index contributed by atoms with van der Waals surface area (Å²) in [6, 6.07) is 7.98. The van der Waals surface area contributed by atoms with Crippen LogP contribution in [0.3, 0.4) is 0 Å². The van der Waals surface area contributed by atoms with Crippen LogP contribution in [0.5, 0.6) is 5.75 Å². The van der Waals surface area contributed by atoms with E-state index in [4.69, 9.17) is 4.74 Å². The van der Waals surface area contributed by atoms with E-state index in [1.807, 2.05) is 18.2 Å². The van der Waals surface area contributed by atoms with Gasteiger partial charge >= 0.3 is 0 Å². The zero-order valence-electron chi connectivity index (χ0n) is 10.9. The van der Waals surface area contributed by atoms with E-state index in [1.165, 1.54) is 0 Å². The number of halogens is 1.